The summed E-state index contributed by atoms with van der Waals surface area (Å²) in [5.41, 5.74) is 1.24. The maximum Gasteiger partial charge on any atom is 0.198 e. The zero-order valence-corrected chi connectivity index (χ0v) is 15.0. The SMILES string of the molecule is CC(C)NCCC(O)Oc1ccc(CCOCC2CC2)cc1.Cl. The maximum absolute atomic E-state index is 9.83. The van der Waals surface area contributed by atoms with Crippen molar-refractivity contribution >= 4 is 12.4 Å². The normalized spacial score (nSPS) is 15.3. The molecule has 0 bridgehead atoms. The van der Waals surface area contributed by atoms with Crippen molar-refractivity contribution in [3.8, 4) is 5.75 Å². The van der Waals surface area contributed by atoms with Gasteiger partial charge in [-0.15, -0.1) is 12.4 Å². The summed E-state index contributed by atoms with van der Waals surface area (Å²) in [5.74, 6) is 1.53. The Morgan fingerprint density at radius 3 is 2.52 bits per heavy atom. The van der Waals surface area contributed by atoms with E-state index in [-0.39, 0.29) is 12.4 Å². The minimum Gasteiger partial charge on any atom is -0.465 e. The molecule has 2 N–H and O–H groups in total. The Morgan fingerprint density at radius 1 is 1.22 bits per heavy atom. The molecule has 23 heavy (non-hydrogen) atoms. The van der Waals surface area contributed by atoms with Crippen molar-refractivity contribution in [3.63, 3.8) is 0 Å². The van der Waals surface area contributed by atoms with E-state index in [1.54, 1.807) is 0 Å². The summed E-state index contributed by atoms with van der Waals surface area (Å²) in [7, 11) is 0. The number of rotatable bonds is 11. The largest absolute Gasteiger partial charge is 0.465 e. The molecule has 5 heteroatoms. The first-order chi connectivity index (χ1) is 10.6. The van der Waals surface area contributed by atoms with Crippen LogP contribution in [0.25, 0.3) is 0 Å². The number of nitrogens with one attached hydrogen (secondary N) is 1. The van der Waals surface area contributed by atoms with Gasteiger partial charge in [-0.1, -0.05) is 26.0 Å². The number of halogens is 1. The van der Waals surface area contributed by atoms with E-state index in [0.29, 0.717) is 18.2 Å². The summed E-state index contributed by atoms with van der Waals surface area (Å²) in [6, 6.07) is 8.32. The smallest absolute Gasteiger partial charge is 0.198 e. The third-order valence-corrected chi connectivity index (χ3v) is 3.72. The molecule has 0 aliphatic heterocycles. The number of benzene rings is 1. The van der Waals surface area contributed by atoms with Gasteiger partial charge in [0.2, 0.25) is 0 Å². The lowest BCUT2D eigenvalue weighted by Gasteiger charge is -2.15. The average molecular weight is 344 g/mol. The molecule has 0 saturated heterocycles. The Kier molecular flexibility index (Phi) is 9.56. The number of aliphatic hydroxyl groups excluding tert-OH is 1. The predicted octanol–water partition coefficient (Wildman–Crippen LogP) is 3.16. The second-order valence-electron chi connectivity index (χ2n) is 6.38. The van der Waals surface area contributed by atoms with Crippen LogP contribution in [0.4, 0.5) is 0 Å². The van der Waals surface area contributed by atoms with Gasteiger partial charge in [0.05, 0.1) is 6.61 Å². The van der Waals surface area contributed by atoms with Gasteiger partial charge in [-0.3, -0.25) is 0 Å². The summed E-state index contributed by atoms with van der Waals surface area (Å²) in [5, 5.41) is 13.1. The molecule has 0 heterocycles. The first kappa shape index (κ1) is 20.2. The molecule has 2 rings (SSSR count). The highest BCUT2D eigenvalue weighted by Gasteiger charge is 2.20. The predicted molar refractivity (Wildman–Crippen MR) is 95.3 cm³/mol. The van der Waals surface area contributed by atoms with Crippen molar-refractivity contribution in [2.75, 3.05) is 19.8 Å². The van der Waals surface area contributed by atoms with Gasteiger partial charge in [0.25, 0.3) is 0 Å². The second-order valence-corrected chi connectivity index (χ2v) is 6.38. The summed E-state index contributed by atoms with van der Waals surface area (Å²) in [6.07, 6.45) is 3.41. The Balaban J connectivity index is 0.00000264. The zero-order valence-electron chi connectivity index (χ0n) is 14.2. The molecule has 4 nitrogen and oxygen atoms in total. The van der Waals surface area contributed by atoms with Crippen LogP contribution in [-0.4, -0.2) is 37.2 Å². The molecule has 132 valence electrons. The van der Waals surface area contributed by atoms with Crippen molar-refractivity contribution in [1.29, 1.82) is 0 Å². The van der Waals surface area contributed by atoms with Gasteiger partial charge in [0, 0.05) is 25.6 Å². The van der Waals surface area contributed by atoms with Crippen LogP contribution >= 0.6 is 12.4 Å². The van der Waals surface area contributed by atoms with Crippen molar-refractivity contribution in [2.24, 2.45) is 5.92 Å². The number of hydrogen-bond donors (Lipinski definition) is 2. The third-order valence-electron chi connectivity index (χ3n) is 3.72. The highest BCUT2D eigenvalue weighted by atomic mass is 35.5. The van der Waals surface area contributed by atoms with Crippen molar-refractivity contribution < 1.29 is 14.6 Å². The van der Waals surface area contributed by atoms with Crippen LogP contribution in [0.15, 0.2) is 24.3 Å². The fraction of sp³-hybridized carbons (Fsp3) is 0.667. The Labute approximate surface area is 146 Å². The van der Waals surface area contributed by atoms with Gasteiger partial charge in [-0.25, -0.2) is 0 Å². The van der Waals surface area contributed by atoms with Crippen molar-refractivity contribution in [1.82, 2.24) is 5.32 Å². The van der Waals surface area contributed by atoms with E-state index in [1.165, 1.54) is 18.4 Å². The molecular formula is C18H30ClNO3. The monoisotopic (exact) mass is 343 g/mol. The van der Waals surface area contributed by atoms with Crippen LogP contribution in [0, 0.1) is 5.92 Å². The van der Waals surface area contributed by atoms with Crippen LogP contribution in [0.2, 0.25) is 0 Å². The van der Waals surface area contributed by atoms with E-state index >= 15 is 0 Å². The topological polar surface area (TPSA) is 50.7 Å². The fourth-order valence-electron chi connectivity index (χ4n) is 2.17. The van der Waals surface area contributed by atoms with E-state index in [2.05, 4.69) is 19.2 Å². The molecular weight excluding hydrogens is 314 g/mol. The lowest BCUT2D eigenvalue weighted by atomic mass is 10.1. The molecule has 0 radical (unpaired) electrons. The Bertz CT molecular complexity index is 421. The fourth-order valence-corrected chi connectivity index (χ4v) is 2.17. The molecule has 1 atom stereocenters. The lowest BCUT2D eigenvalue weighted by molar-refractivity contribution is -0.0226. The molecule has 0 amide bonds. The van der Waals surface area contributed by atoms with Gasteiger partial charge < -0.3 is 19.9 Å². The molecule has 1 aliphatic carbocycles. The molecule has 1 aromatic carbocycles. The summed E-state index contributed by atoms with van der Waals surface area (Å²) in [4.78, 5) is 0. The van der Waals surface area contributed by atoms with Gasteiger partial charge in [0.15, 0.2) is 6.29 Å². The lowest BCUT2D eigenvalue weighted by Crippen LogP contribution is -2.28. The molecule has 1 unspecified atom stereocenters. The van der Waals surface area contributed by atoms with Gasteiger partial charge in [-0.2, -0.15) is 0 Å². The van der Waals surface area contributed by atoms with Crippen molar-refractivity contribution in [2.45, 2.75) is 51.9 Å². The third kappa shape index (κ3) is 9.16. The second kappa shape index (κ2) is 10.9. The van der Waals surface area contributed by atoms with Crippen LogP contribution in [-0.2, 0) is 11.2 Å². The molecule has 1 fully saturated rings. The molecule has 1 saturated carbocycles. The first-order valence-corrected chi connectivity index (χ1v) is 8.38. The van der Waals surface area contributed by atoms with E-state index in [0.717, 1.165) is 32.1 Å². The van der Waals surface area contributed by atoms with E-state index in [4.69, 9.17) is 9.47 Å². The van der Waals surface area contributed by atoms with E-state index in [9.17, 15) is 5.11 Å². The minimum atomic E-state index is -0.765. The minimum absolute atomic E-state index is 0. The zero-order chi connectivity index (χ0) is 15.8. The quantitative estimate of drug-likeness (QED) is 0.478. The highest BCUT2D eigenvalue weighted by Crippen LogP contribution is 2.28. The molecule has 1 aliphatic rings. The average Bonchev–Trinajstić information content (AvgIpc) is 3.29. The Hall–Kier alpha value is -0.810. The number of ether oxygens (including phenoxy) is 2. The van der Waals surface area contributed by atoms with Gasteiger partial charge in [0.1, 0.15) is 5.75 Å². The molecule has 1 aromatic rings. The van der Waals surface area contributed by atoms with Crippen LogP contribution in [0.1, 0.15) is 38.7 Å². The van der Waals surface area contributed by atoms with Crippen LogP contribution in [0.3, 0.4) is 0 Å². The number of aliphatic hydroxyl groups is 1. The standard InChI is InChI=1S/C18H29NO3.ClH/c1-14(2)19-11-9-18(20)22-17-7-5-15(6-8-17)10-12-21-13-16-3-4-16;/h5-8,14,16,18-20H,3-4,9-13H2,1-2H3;1H. The summed E-state index contributed by atoms with van der Waals surface area (Å²) >= 11 is 0. The first-order valence-electron chi connectivity index (χ1n) is 8.38. The summed E-state index contributed by atoms with van der Waals surface area (Å²) in [6.45, 7) is 6.61. The number of hydrogen-bond acceptors (Lipinski definition) is 4. The van der Waals surface area contributed by atoms with Gasteiger partial charge >= 0.3 is 0 Å². The maximum atomic E-state index is 9.83. The van der Waals surface area contributed by atoms with E-state index < -0.39 is 6.29 Å². The van der Waals surface area contributed by atoms with Gasteiger partial charge in [-0.05, 0) is 42.9 Å². The summed E-state index contributed by atoms with van der Waals surface area (Å²) < 4.78 is 11.1. The molecule has 0 spiro atoms. The van der Waals surface area contributed by atoms with Crippen molar-refractivity contribution in [3.05, 3.63) is 29.8 Å². The van der Waals surface area contributed by atoms with Crippen LogP contribution < -0.4 is 10.1 Å². The van der Waals surface area contributed by atoms with E-state index in [1.807, 2.05) is 24.3 Å². The molecule has 0 aromatic heterocycles. The Morgan fingerprint density at radius 2 is 1.91 bits per heavy atom. The van der Waals surface area contributed by atoms with Crippen LogP contribution in [0.5, 0.6) is 5.75 Å². The highest BCUT2D eigenvalue weighted by molar-refractivity contribution is 5.85.